The minimum Gasteiger partial charge on any atom is -0.346 e. The van der Waals surface area contributed by atoms with Crippen LogP contribution in [0.1, 0.15) is 18.9 Å². The number of H-pyrrole nitrogens is 1. The second-order valence-electron chi connectivity index (χ2n) is 4.29. The fraction of sp³-hybridized carbons (Fsp3) is 0.308. The van der Waals surface area contributed by atoms with Crippen molar-refractivity contribution in [1.29, 1.82) is 0 Å². The molecule has 2 aromatic rings. The van der Waals surface area contributed by atoms with E-state index in [0.717, 1.165) is 18.6 Å². The standard InChI is InChI=1S/C13H15N3/c1-9-7-10(4-6-14-9)12-8-16-13-11(12)3-2-5-15-13/h2-3,5,7-9,14H,4,6H2,1H3,(H,15,16)/t9-/m0/s1. The van der Waals surface area contributed by atoms with E-state index in [1.807, 2.05) is 12.3 Å². The zero-order valence-electron chi connectivity index (χ0n) is 9.33. The Morgan fingerprint density at radius 3 is 3.25 bits per heavy atom. The largest absolute Gasteiger partial charge is 0.346 e. The Morgan fingerprint density at radius 1 is 1.44 bits per heavy atom. The number of aromatic amines is 1. The highest BCUT2D eigenvalue weighted by atomic mass is 14.9. The highest BCUT2D eigenvalue weighted by Crippen LogP contribution is 2.27. The number of pyridine rings is 1. The molecule has 0 aliphatic carbocycles. The summed E-state index contributed by atoms with van der Waals surface area (Å²) in [7, 11) is 0. The highest BCUT2D eigenvalue weighted by Gasteiger charge is 2.13. The summed E-state index contributed by atoms with van der Waals surface area (Å²) < 4.78 is 0. The first-order chi connectivity index (χ1) is 7.84. The molecule has 3 heterocycles. The Morgan fingerprint density at radius 2 is 2.38 bits per heavy atom. The number of nitrogens with one attached hydrogen (secondary N) is 2. The molecule has 0 radical (unpaired) electrons. The molecule has 0 bridgehead atoms. The molecule has 2 aromatic heterocycles. The molecular formula is C13H15N3. The predicted octanol–water partition coefficient (Wildman–Crippen LogP) is 2.33. The number of nitrogens with zero attached hydrogens (tertiary/aromatic N) is 1. The summed E-state index contributed by atoms with van der Waals surface area (Å²) >= 11 is 0. The van der Waals surface area contributed by atoms with Gasteiger partial charge in [0.25, 0.3) is 0 Å². The summed E-state index contributed by atoms with van der Waals surface area (Å²) in [5.74, 6) is 0. The van der Waals surface area contributed by atoms with Crippen LogP contribution in [0.2, 0.25) is 0 Å². The minimum absolute atomic E-state index is 0.463. The second kappa shape index (κ2) is 3.76. The first-order valence-electron chi connectivity index (χ1n) is 5.71. The summed E-state index contributed by atoms with van der Waals surface area (Å²) in [6, 6.07) is 4.58. The molecule has 3 heteroatoms. The van der Waals surface area contributed by atoms with Crippen molar-refractivity contribution in [3.63, 3.8) is 0 Å². The number of aromatic nitrogens is 2. The summed E-state index contributed by atoms with van der Waals surface area (Å²) in [4.78, 5) is 7.55. The van der Waals surface area contributed by atoms with Gasteiger partial charge in [0.1, 0.15) is 5.65 Å². The van der Waals surface area contributed by atoms with Gasteiger partial charge in [-0.1, -0.05) is 6.08 Å². The third-order valence-corrected chi connectivity index (χ3v) is 3.11. The van der Waals surface area contributed by atoms with Crippen LogP contribution >= 0.6 is 0 Å². The number of hydrogen-bond donors (Lipinski definition) is 2. The molecular weight excluding hydrogens is 198 g/mol. The van der Waals surface area contributed by atoms with Gasteiger partial charge in [0.05, 0.1) is 0 Å². The molecule has 2 N–H and O–H groups in total. The van der Waals surface area contributed by atoms with Gasteiger partial charge in [-0.3, -0.25) is 0 Å². The molecule has 0 saturated carbocycles. The molecule has 0 saturated heterocycles. The maximum atomic E-state index is 4.32. The van der Waals surface area contributed by atoms with Crippen LogP contribution < -0.4 is 5.32 Å². The zero-order chi connectivity index (χ0) is 11.0. The highest BCUT2D eigenvalue weighted by molar-refractivity contribution is 5.90. The van der Waals surface area contributed by atoms with Gasteiger partial charge in [-0.05, 0) is 37.6 Å². The summed E-state index contributed by atoms with van der Waals surface area (Å²) in [6.45, 7) is 3.24. The van der Waals surface area contributed by atoms with Crippen molar-refractivity contribution in [1.82, 2.24) is 15.3 Å². The van der Waals surface area contributed by atoms with Gasteiger partial charge < -0.3 is 10.3 Å². The van der Waals surface area contributed by atoms with Crippen LogP contribution in [0.3, 0.4) is 0 Å². The van der Waals surface area contributed by atoms with E-state index in [1.54, 1.807) is 0 Å². The van der Waals surface area contributed by atoms with Gasteiger partial charge >= 0.3 is 0 Å². The molecule has 1 aliphatic heterocycles. The average molecular weight is 213 g/mol. The lowest BCUT2D eigenvalue weighted by Crippen LogP contribution is -2.29. The average Bonchev–Trinajstić information content (AvgIpc) is 2.72. The van der Waals surface area contributed by atoms with E-state index in [9.17, 15) is 0 Å². The van der Waals surface area contributed by atoms with Gasteiger partial charge in [-0.25, -0.2) is 4.98 Å². The maximum absolute atomic E-state index is 4.32. The fourth-order valence-corrected chi connectivity index (χ4v) is 2.32. The topological polar surface area (TPSA) is 40.7 Å². The molecule has 0 aromatic carbocycles. The zero-order valence-corrected chi connectivity index (χ0v) is 9.33. The van der Waals surface area contributed by atoms with Crippen molar-refractivity contribution in [2.75, 3.05) is 6.54 Å². The van der Waals surface area contributed by atoms with Crippen LogP contribution in [0, 0.1) is 0 Å². The number of rotatable bonds is 1. The van der Waals surface area contributed by atoms with E-state index in [0.29, 0.717) is 6.04 Å². The van der Waals surface area contributed by atoms with Crippen molar-refractivity contribution in [3.8, 4) is 0 Å². The molecule has 82 valence electrons. The van der Waals surface area contributed by atoms with E-state index in [2.05, 4.69) is 40.5 Å². The molecule has 3 nitrogen and oxygen atoms in total. The Balaban J connectivity index is 2.12. The summed E-state index contributed by atoms with van der Waals surface area (Å²) in [6.07, 6.45) is 7.29. The first-order valence-corrected chi connectivity index (χ1v) is 5.71. The van der Waals surface area contributed by atoms with Gasteiger partial charge in [-0.2, -0.15) is 0 Å². The summed E-state index contributed by atoms with van der Waals surface area (Å²) in [5.41, 5.74) is 3.70. The number of hydrogen-bond acceptors (Lipinski definition) is 2. The summed E-state index contributed by atoms with van der Waals surface area (Å²) in [5, 5.41) is 4.64. The van der Waals surface area contributed by atoms with Gasteiger partial charge in [-0.15, -0.1) is 0 Å². The van der Waals surface area contributed by atoms with Crippen molar-refractivity contribution < 1.29 is 0 Å². The SMILES string of the molecule is C[C@H]1C=C(c2c[nH]c3ncccc23)CCN1. The molecule has 3 rings (SSSR count). The van der Waals surface area contributed by atoms with Crippen LogP contribution in [0.5, 0.6) is 0 Å². The molecule has 1 aliphatic rings. The predicted molar refractivity (Wildman–Crippen MR) is 66.2 cm³/mol. The van der Waals surface area contributed by atoms with Crippen LogP contribution in [0.25, 0.3) is 16.6 Å². The molecule has 0 spiro atoms. The lowest BCUT2D eigenvalue weighted by atomic mass is 9.98. The van der Waals surface area contributed by atoms with Crippen LogP contribution in [0.15, 0.2) is 30.6 Å². The lowest BCUT2D eigenvalue weighted by Gasteiger charge is -2.19. The van der Waals surface area contributed by atoms with Crippen LogP contribution in [-0.4, -0.2) is 22.6 Å². The smallest absolute Gasteiger partial charge is 0.137 e. The van der Waals surface area contributed by atoms with E-state index < -0.39 is 0 Å². The van der Waals surface area contributed by atoms with E-state index in [4.69, 9.17) is 0 Å². The van der Waals surface area contributed by atoms with Gasteiger partial charge in [0, 0.05) is 29.4 Å². The van der Waals surface area contributed by atoms with Crippen molar-refractivity contribution in [2.45, 2.75) is 19.4 Å². The molecule has 0 unspecified atom stereocenters. The molecule has 16 heavy (non-hydrogen) atoms. The number of fused-ring (bicyclic) bond motifs is 1. The molecule has 0 fully saturated rings. The second-order valence-corrected chi connectivity index (χ2v) is 4.29. The van der Waals surface area contributed by atoms with Crippen molar-refractivity contribution in [2.24, 2.45) is 0 Å². The van der Waals surface area contributed by atoms with E-state index in [1.165, 1.54) is 16.5 Å². The lowest BCUT2D eigenvalue weighted by molar-refractivity contribution is 0.621. The first kappa shape index (κ1) is 9.60. The quantitative estimate of drug-likeness (QED) is 0.763. The van der Waals surface area contributed by atoms with Gasteiger partial charge in [0.15, 0.2) is 0 Å². The van der Waals surface area contributed by atoms with Gasteiger partial charge in [0.2, 0.25) is 0 Å². The Kier molecular flexibility index (Phi) is 2.26. The van der Waals surface area contributed by atoms with Crippen molar-refractivity contribution >= 4 is 16.6 Å². The third-order valence-electron chi connectivity index (χ3n) is 3.11. The minimum atomic E-state index is 0.463. The third kappa shape index (κ3) is 1.53. The monoisotopic (exact) mass is 213 g/mol. The maximum Gasteiger partial charge on any atom is 0.137 e. The van der Waals surface area contributed by atoms with Crippen LogP contribution in [0.4, 0.5) is 0 Å². The van der Waals surface area contributed by atoms with Crippen molar-refractivity contribution in [3.05, 3.63) is 36.2 Å². The van der Waals surface area contributed by atoms with Crippen LogP contribution in [-0.2, 0) is 0 Å². The normalized spacial score (nSPS) is 21.1. The Hall–Kier alpha value is -1.61. The fourth-order valence-electron chi connectivity index (χ4n) is 2.32. The molecule has 1 atom stereocenters. The van der Waals surface area contributed by atoms with E-state index in [-0.39, 0.29) is 0 Å². The van der Waals surface area contributed by atoms with E-state index >= 15 is 0 Å². The Labute approximate surface area is 94.6 Å². The molecule has 0 amide bonds. The Bertz CT molecular complexity index is 539.